The highest BCUT2D eigenvalue weighted by atomic mass is 32.2. The van der Waals surface area contributed by atoms with Gasteiger partial charge in [0, 0.05) is 29.5 Å². The molecule has 0 amide bonds. The summed E-state index contributed by atoms with van der Waals surface area (Å²) in [6, 6.07) is 8.53. The summed E-state index contributed by atoms with van der Waals surface area (Å²) in [6.07, 6.45) is 6.62. The molecule has 1 aromatic carbocycles. The molecular weight excluding hydrogens is 470 g/mol. The fourth-order valence-electron chi connectivity index (χ4n) is 4.21. The van der Waals surface area contributed by atoms with E-state index in [0.29, 0.717) is 0 Å². The fraction of sp³-hybridized carbons (Fsp3) is 0.429. The topological polar surface area (TPSA) is 52.0 Å². The van der Waals surface area contributed by atoms with Crippen LogP contribution < -0.4 is 10.7 Å². The van der Waals surface area contributed by atoms with Crippen molar-refractivity contribution in [2.45, 2.75) is 56.2 Å². The summed E-state index contributed by atoms with van der Waals surface area (Å²) in [5.41, 5.74) is 8.23. The normalized spacial score (nSPS) is 17.9. The lowest BCUT2D eigenvalue weighted by Crippen LogP contribution is -2.50. The number of aryl methyl sites for hydroxylation is 1. The van der Waals surface area contributed by atoms with Crippen molar-refractivity contribution in [2.24, 2.45) is 10.1 Å². The van der Waals surface area contributed by atoms with E-state index in [9.17, 15) is 0 Å². The predicted octanol–water partition coefficient (Wildman–Crippen LogP) is 5.97. The molecule has 3 unspecified atom stereocenters. The van der Waals surface area contributed by atoms with Gasteiger partial charge in [-0.15, -0.1) is 6.58 Å². The van der Waals surface area contributed by atoms with Crippen molar-refractivity contribution < 1.29 is 0 Å². The lowest BCUT2D eigenvalue weighted by molar-refractivity contribution is 0.227. The van der Waals surface area contributed by atoms with Crippen molar-refractivity contribution in [3.05, 3.63) is 84.8 Å². The molecule has 35 heavy (non-hydrogen) atoms. The Labute approximate surface area is 221 Å². The number of aliphatic imine (C=N–C) groups is 1. The van der Waals surface area contributed by atoms with Crippen LogP contribution in [0.5, 0.6) is 0 Å². The van der Waals surface area contributed by atoms with Crippen LogP contribution in [-0.2, 0) is 0 Å². The molecule has 2 N–H and O–H groups in total. The minimum atomic E-state index is 0.0597. The number of nitrogens with zero attached hydrogens (tertiary/aromatic N) is 3. The quantitative estimate of drug-likeness (QED) is 0.194. The van der Waals surface area contributed by atoms with Gasteiger partial charge in [-0.1, -0.05) is 73.0 Å². The molecule has 2 rings (SSSR count). The molecule has 0 fully saturated rings. The molecule has 0 spiro atoms. The van der Waals surface area contributed by atoms with Gasteiger partial charge in [-0.25, -0.2) is 4.99 Å². The number of likely N-dealkylation sites (N-methyl/N-ethyl adjacent to an activating group) is 1. The second-order valence-electron chi connectivity index (χ2n) is 9.59. The summed E-state index contributed by atoms with van der Waals surface area (Å²) in [5.74, 6) is 0. The van der Waals surface area contributed by atoms with Gasteiger partial charge in [-0.05, 0) is 46.6 Å². The standard InChI is InChI=1S/C28H41N5S2/c1-11-24(18-33(9)26(19(2)3)28(7,8)34-10)30-21(5)16-25-22(6)31-27(35-25)32-29-17-23-14-12-20(4)13-15-23/h11-15,17,24-26,30H,1-2,5-6,16,18H2,3-4,7-10H3,(H,31,32)/b29-17+. The zero-order valence-corrected chi connectivity index (χ0v) is 23.7. The molecule has 0 radical (unpaired) electrons. The fourth-order valence-corrected chi connectivity index (χ4v) is 5.83. The number of hydrazone groups is 1. The Morgan fingerprint density at radius 2 is 1.97 bits per heavy atom. The Morgan fingerprint density at radius 1 is 1.31 bits per heavy atom. The van der Waals surface area contributed by atoms with Gasteiger partial charge in [-0.3, -0.25) is 10.3 Å². The van der Waals surface area contributed by atoms with E-state index in [2.05, 4.69) is 105 Å². The van der Waals surface area contributed by atoms with Crippen LogP contribution in [0, 0.1) is 6.92 Å². The van der Waals surface area contributed by atoms with Crippen LogP contribution in [0.2, 0.25) is 0 Å². The lowest BCUT2D eigenvalue weighted by Gasteiger charge is -2.41. The molecule has 0 bridgehead atoms. The van der Waals surface area contributed by atoms with Crippen LogP contribution in [0.15, 0.2) is 83.7 Å². The molecule has 1 aliphatic heterocycles. The highest BCUT2D eigenvalue weighted by Crippen LogP contribution is 2.33. The number of nitrogens with one attached hydrogen (secondary N) is 2. The van der Waals surface area contributed by atoms with E-state index in [1.54, 1.807) is 18.0 Å². The van der Waals surface area contributed by atoms with Crippen LogP contribution in [0.3, 0.4) is 0 Å². The first-order valence-corrected chi connectivity index (χ1v) is 13.8. The second-order valence-corrected chi connectivity index (χ2v) is 12.2. The maximum absolute atomic E-state index is 4.55. The minimum absolute atomic E-state index is 0.0597. The van der Waals surface area contributed by atoms with Crippen molar-refractivity contribution in [1.29, 1.82) is 0 Å². The zero-order valence-electron chi connectivity index (χ0n) is 22.1. The van der Waals surface area contributed by atoms with Gasteiger partial charge in [0.25, 0.3) is 0 Å². The van der Waals surface area contributed by atoms with E-state index in [-0.39, 0.29) is 22.1 Å². The van der Waals surface area contributed by atoms with Gasteiger partial charge in [0.2, 0.25) is 0 Å². The molecule has 0 aromatic heterocycles. The first-order chi connectivity index (χ1) is 16.5. The Hall–Kier alpha value is -2.22. The average Bonchev–Trinajstić information content (AvgIpc) is 3.12. The molecule has 0 aliphatic carbocycles. The Balaban J connectivity index is 1.88. The van der Waals surface area contributed by atoms with Gasteiger partial charge in [-0.2, -0.15) is 16.9 Å². The average molecular weight is 512 g/mol. The van der Waals surface area contributed by atoms with Gasteiger partial charge in [0.15, 0.2) is 5.17 Å². The van der Waals surface area contributed by atoms with E-state index in [0.717, 1.165) is 40.7 Å². The van der Waals surface area contributed by atoms with Crippen LogP contribution in [0.4, 0.5) is 0 Å². The highest BCUT2D eigenvalue weighted by molar-refractivity contribution is 8.14. The van der Waals surface area contributed by atoms with Crippen molar-refractivity contribution in [1.82, 2.24) is 15.6 Å². The molecule has 5 nitrogen and oxygen atoms in total. The van der Waals surface area contributed by atoms with Crippen molar-refractivity contribution in [3.8, 4) is 0 Å². The molecule has 1 aromatic rings. The van der Waals surface area contributed by atoms with Crippen LogP contribution in [0.25, 0.3) is 0 Å². The molecule has 0 saturated carbocycles. The van der Waals surface area contributed by atoms with Gasteiger partial charge in [0.1, 0.15) is 0 Å². The summed E-state index contributed by atoms with van der Waals surface area (Å²) >= 11 is 3.48. The Bertz CT molecular complexity index is 978. The number of amidine groups is 1. The SMILES string of the molecule is C=CC(CN(C)C(C(=C)C)C(C)(C)SC)NC(=C)CC1SC(N/N=C/c2ccc(C)cc2)=NC1=C. The minimum Gasteiger partial charge on any atom is -0.381 e. The monoisotopic (exact) mass is 511 g/mol. The van der Waals surface area contributed by atoms with Crippen LogP contribution in [0.1, 0.15) is 38.3 Å². The van der Waals surface area contributed by atoms with E-state index in [1.165, 1.54) is 5.56 Å². The van der Waals surface area contributed by atoms with E-state index < -0.39 is 0 Å². The van der Waals surface area contributed by atoms with Gasteiger partial charge < -0.3 is 5.32 Å². The molecule has 0 saturated heterocycles. The summed E-state index contributed by atoms with van der Waals surface area (Å²) < 4.78 is 0.0597. The molecule has 1 heterocycles. The van der Waals surface area contributed by atoms with E-state index >= 15 is 0 Å². The highest BCUT2D eigenvalue weighted by Gasteiger charge is 2.33. The summed E-state index contributed by atoms with van der Waals surface area (Å²) in [7, 11) is 2.15. The number of rotatable bonds is 13. The Morgan fingerprint density at radius 3 is 2.54 bits per heavy atom. The zero-order chi connectivity index (χ0) is 26.2. The van der Waals surface area contributed by atoms with Crippen molar-refractivity contribution in [3.63, 3.8) is 0 Å². The molecule has 7 heteroatoms. The number of benzene rings is 1. The van der Waals surface area contributed by atoms with Crippen LogP contribution in [-0.4, -0.2) is 58.2 Å². The first kappa shape index (κ1) is 29.0. The Kier molecular flexibility index (Phi) is 10.9. The maximum atomic E-state index is 4.55. The molecular formula is C28H41N5S2. The largest absolute Gasteiger partial charge is 0.381 e. The predicted molar refractivity (Wildman–Crippen MR) is 160 cm³/mol. The molecule has 190 valence electrons. The number of allylic oxidation sites excluding steroid dienone is 1. The van der Waals surface area contributed by atoms with Crippen LogP contribution >= 0.6 is 23.5 Å². The lowest BCUT2D eigenvalue weighted by atomic mass is 9.95. The smallest absolute Gasteiger partial charge is 0.182 e. The van der Waals surface area contributed by atoms with Gasteiger partial charge >= 0.3 is 0 Å². The third kappa shape index (κ3) is 8.74. The van der Waals surface area contributed by atoms with E-state index in [1.807, 2.05) is 30.0 Å². The molecule has 3 atom stereocenters. The number of hydrogen-bond donors (Lipinski definition) is 2. The first-order valence-electron chi connectivity index (χ1n) is 11.7. The summed E-state index contributed by atoms with van der Waals surface area (Å²) in [6.45, 7) is 26.2. The van der Waals surface area contributed by atoms with Crippen molar-refractivity contribution >= 4 is 34.9 Å². The number of thioether (sulfide) groups is 2. The second kappa shape index (κ2) is 13.2. The molecule has 1 aliphatic rings. The third-order valence-electron chi connectivity index (χ3n) is 6.00. The summed E-state index contributed by atoms with van der Waals surface area (Å²) in [5, 5.41) is 8.74. The van der Waals surface area contributed by atoms with Gasteiger partial charge in [0.05, 0.1) is 23.2 Å². The van der Waals surface area contributed by atoms with E-state index in [4.69, 9.17) is 0 Å². The number of hydrogen-bond acceptors (Lipinski definition) is 7. The summed E-state index contributed by atoms with van der Waals surface area (Å²) in [4.78, 5) is 6.90. The maximum Gasteiger partial charge on any atom is 0.182 e. The van der Waals surface area contributed by atoms with Crippen molar-refractivity contribution in [2.75, 3.05) is 19.8 Å². The third-order valence-corrected chi connectivity index (χ3v) is 8.41.